The van der Waals surface area contributed by atoms with Crippen LogP contribution in [0.15, 0.2) is 41.0 Å². The van der Waals surface area contributed by atoms with Crippen molar-refractivity contribution in [2.24, 2.45) is 0 Å². The van der Waals surface area contributed by atoms with Crippen LogP contribution in [-0.2, 0) is 13.0 Å². The molecule has 1 aromatic carbocycles. The molecule has 2 aromatic rings. The summed E-state index contributed by atoms with van der Waals surface area (Å²) in [5.41, 5.74) is 2.47. The Hall–Kier alpha value is -1.39. The Morgan fingerprint density at radius 1 is 1.35 bits per heavy atom. The average molecular weight is 354 g/mol. The first-order valence-corrected chi connectivity index (χ1v) is 7.45. The molecule has 0 aliphatic carbocycles. The van der Waals surface area contributed by atoms with Crippen molar-refractivity contribution in [2.45, 2.75) is 19.9 Å². The molecule has 0 atom stereocenters. The number of hydrogen-bond donors (Lipinski definition) is 1. The van der Waals surface area contributed by atoms with Crippen molar-refractivity contribution >= 4 is 33.4 Å². The molecule has 104 valence electrons. The fraction of sp³-hybridized carbons (Fsp3) is 0.200. The first kappa shape index (κ1) is 15.0. The standard InChI is InChI=1S/C15H14BrClN2O/c1-2-10-5-4-8-18-13(10)9-19-15(20)11-6-3-7-12(16)14(11)17/h3-8H,2,9H2,1H3,(H,19,20). The lowest BCUT2D eigenvalue weighted by Gasteiger charge is -2.09. The van der Waals surface area contributed by atoms with Crippen molar-refractivity contribution in [3.05, 3.63) is 62.8 Å². The molecule has 3 nitrogen and oxygen atoms in total. The van der Waals surface area contributed by atoms with Gasteiger partial charge in [0.15, 0.2) is 0 Å². The summed E-state index contributed by atoms with van der Waals surface area (Å²) in [6.07, 6.45) is 2.61. The van der Waals surface area contributed by atoms with Gasteiger partial charge in [-0.1, -0.05) is 30.7 Å². The molecular formula is C15H14BrClN2O. The highest BCUT2D eigenvalue weighted by Gasteiger charge is 2.12. The lowest BCUT2D eigenvalue weighted by atomic mass is 10.1. The molecule has 1 heterocycles. The third-order valence-electron chi connectivity index (χ3n) is 2.98. The van der Waals surface area contributed by atoms with E-state index < -0.39 is 0 Å². The minimum atomic E-state index is -0.205. The second-order valence-electron chi connectivity index (χ2n) is 4.25. The summed E-state index contributed by atoms with van der Waals surface area (Å²) in [6, 6.07) is 9.19. The number of aryl methyl sites for hydroxylation is 1. The van der Waals surface area contributed by atoms with Gasteiger partial charge in [-0.05, 0) is 46.1 Å². The molecule has 2 rings (SSSR count). The van der Waals surface area contributed by atoms with Crippen LogP contribution in [0.5, 0.6) is 0 Å². The van der Waals surface area contributed by atoms with Crippen LogP contribution in [0.2, 0.25) is 5.02 Å². The molecule has 0 aliphatic heterocycles. The monoisotopic (exact) mass is 352 g/mol. The number of pyridine rings is 1. The van der Waals surface area contributed by atoms with Gasteiger partial charge >= 0.3 is 0 Å². The molecule has 5 heteroatoms. The van der Waals surface area contributed by atoms with E-state index in [9.17, 15) is 4.79 Å². The van der Waals surface area contributed by atoms with Crippen LogP contribution in [0.4, 0.5) is 0 Å². The van der Waals surface area contributed by atoms with Crippen molar-refractivity contribution in [1.29, 1.82) is 0 Å². The van der Waals surface area contributed by atoms with Gasteiger partial charge in [0.05, 0.1) is 22.8 Å². The number of nitrogens with one attached hydrogen (secondary N) is 1. The number of amides is 1. The van der Waals surface area contributed by atoms with Crippen LogP contribution in [-0.4, -0.2) is 10.9 Å². The minimum Gasteiger partial charge on any atom is -0.346 e. The van der Waals surface area contributed by atoms with Gasteiger partial charge in [-0.2, -0.15) is 0 Å². The highest BCUT2D eigenvalue weighted by molar-refractivity contribution is 9.10. The van der Waals surface area contributed by atoms with E-state index in [1.807, 2.05) is 12.1 Å². The largest absolute Gasteiger partial charge is 0.346 e. The number of carbonyl (C=O) groups is 1. The molecule has 0 bridgehead atoms. The Morgan fingerprint density at radius 3 is 2.90 bits per heavy atom. The molecular weight excluding hydrogens is 340 g/mol. The summed E-state index contributed by atoms with van der Waals surface area (Å²) in [5.74, 6) is -0.205. The van der Waals surface area contributed by atoms with Crippen molar-refractivity contribution in [3.8, 4) is 0 Å². The maximum atomic E-state index is 12.1. The van der Waals surface area contributed by atoms with Gasteiger partial charge < -0.3 is 5.32 Å². The molecule has 0 aliphatic rings. The second-order valence-corrected chi connectivity index (χ2v) is 5.48. The van der Waals surface area contributed by atoms with Crippen molar-refractivity contribution in [3.63, 3.8) is 0 Å². The zero-order valence-electron chi connectivity index (χ0n) is 11.0. The molecule has 1 aromatic heterocycles. The molecule has 20 heavy (non-hydrogen) atoms. The van der Waals surface area contributed by atoms with E-state index in [0.29, 0.717) is 21.6 Å². The predicted octanol–water partition coefficient (Wildman–Crippen LogP) is 3.99. The lowest BCUT2D eigenvalue weighted by molar-refractivity contribution is 0.0950. The van der Waals surface area contributed by atoms with E-state index in [4.69, 9.17) is 11.6 Å². The Bertz CT molecular complexity index is 631. The smallest absolute Gasteiger partial charge is 0.253 e. The van der Waals surface area contributed by atoms with Gasteiger partial charge in [0.1, 0.15) is 0 Å². The maximum Gasteiger partial charge on any atom is 0.253 e. The predicted molar refractivity (Wildman–Crippen MR) is 83.9 cm³/mol. The van der Waals surface area contributed by atoms with E-state index in [1.165, 1.54) is 0 Å². The van der Waals surface area contributed by atoms with Gasteiger partial charge in [-0.15, -0.1) is 0 Å². The number of hydrogen-bond acceptors (Lipinski definition) is 2. The van der Waals surface area contributed by atoms with Crippen molar-refractivity contribution in [1.82, 2.24) is 10.3 Å². The quantitative estimate of drug-likeness (QED) is 0.903. The molecule has 1 amide bonds. The summed E-state index contributed by atoms with van der Waals surface area (Å²) in [6.45, 7) is 2.46. The van der Waals surface area contributed by atoms with Gasteiger partial charge in [-0.3, -0.25) is 9.78 Å². The number of benzene rings is 1. The third-order valence-corrected chi connectivity index (χ3v) is 4.27. The highest BCUT2D eigenvalue weighted by Crippen LogP contribution is 2.25. The third kappa shape index (κ3) is 3.38. The Kier molecular flexibility index (Phi) is 5.15. The number of rotatable bonds is 4. The molecule has 0 saturated heterocycles. The summed E-state index contributed by atoms with van der Waals surface area (Å²) in [4.78, 5) is 16.4. The highest BCUT2D eigenvalue weighted by atomic mass is 79.9. The Balaban J connectivity index is 2.11. The molecule has 0 saturated carbocycles. The molecule has 0 radical (unpaired) electrons. The minimum absolute atomic E-state index is 0.205. The number of aromatic nitrogens is 1. The maximum absolute atomic E-state index is 12.1. The Morgan fingerprint density at radius 2 is 2.15 bits per heavy atom. The van der Waals surface area contributed by atoms with Crippen LogP contribution >= 0.6 is 27.5 Å². The normalized spacial score (nSPS) is 10.3. The number of halogens is 2. The van der Waals surface area contributed by atoms with Gasteiger partial charge in [0.25, 0.3) is 5.91 Å². The fourth-order valence-electron chi connectivity index (χ4n) is 1.89. The SMILES string of the molecule is CCc1cccnc1CNC(=O)c1cccc(Br)c1Cl. The van der Waals surface area contributed by atoms with Crippen molar-refractivity contribution < 1.29 is 4.79 Å². The summed E-state index contributed by atoms with van der Waals surface area (Å²) >= 11 is 9.41. The van der Waals surface area contributed by atoms with E-state index in [1.54, 1.807) is 24.4 Å². The van der Waals surface area contributed by atoms with Crippen LogP contribution in [0.25, 0.3) is 0 Å². The van der Waals surface area contributed by atoms with Crippen LogP contribution in [0.3, 0.4) is 0 Å². The van der Waals surface area contributed by atoms with Gasteiger partial charge in [-0.25, -0.2) is 0 Å². The number of nitrogens with zero attached hydrogens (tertiary/aromatic N) is 1. The summed E-state index contributed by atoms with van der Waals surface area (Å²) in [7, 11) is 0. The van der Waals surface area contributed by atoms with Crippen LogP contribution in [0, 0.1) is 0 Å². The average Bonchev–Trinajstić information content (AvgIpc) is 2.48. The molecule has 0 spiro atoms. The topological polar surface area (TPSA) is 42.0 Å². The zero-order chi connectivity index (χ0) is 14.5. The molecule has 1 N–H and O–H groups in total. The van der Waals surface area contributed by atoms with Crippen LogP contribution in [0.1, 0.15) is 28.5 Å². The second kappa shape index (κ2) is 6.86. The molecule has 0 unspecified atom stereocenters. The zero-order valence-corrected chi connectivity index (χ0v) is 13.3. The van der Waals surface area contributed by atoms with E-state index >= 15 is 0 Å². The molecule has 0 fully saturated rings. The first-order valence-electron chi connectivity index (χ1n) is 6.28. The lowest BCUT2D eigenvalue weighted by Crippen LogP contribution is -2.24. The van der Waals surface area contributed by atoms with Crippen LogP contribution < -0.4 is 5.32 Å². The van der Waals surface area contributed by atoms with E-state index in [2.05, 4.69) is 33.2 Å². The fourth-order valence-corrected chi connectivity index (χ4v) is 2.47. The van der Waals surface area contributed by atoms with E-state index in [0.717, 1.165) is 17.7 Å². The van der Waals surface area contributed by atoms with Gasteiger partial charge in [0, 0.05) is 10.7 Å². The summed E-state index contributed by atoms with van der Waals surface area (Å²) in [5, 5.41) is 3.27. The Labute approximate surface area is 131 Å². The van der Waals surface area contributed by atoms with Crippen molar-refractivity contribution in [2.75, 3.05) is 0 Å². The summed E-state index contributed by atoms with van der Waals surface area (Å²) < 4.78 is 0.707. The van der Waals surface area contributed by atoms with Gasteiger partial charge in [0.2, 0.25) is 0 Å². The number of carbonyl (C=O) groups excluding carboxylic acids is 1. The first-order chi connectivity index (χ1) is 9.63. The van der Waals surface area contributed by atoms with E-state index in [-0.39, 0.29) is 5.91 Å².